The summed E-state index contributed by atoms with van der Waals surface area (Å²) in [4.78, 5) is 25.6. The van der Waals surface area contributed by atoms with E-state index in [-0.39, 0.29) is 17.4 Å². The molecule has 6 heteroatoms. The summed E-state index contributed by atoms with van der Waals surface area (Å²) in [7, 11) is 1.29. The quantitative estimate of drug-likeness (QED) is 0.440. The molecule has 0 radical (unpaired) electrons. The minimum atomic E-state index is -0.539. The highest BCUT2D eigenvalue weighted by molar-refractivity contribution is 7.16. The van der Waals surface area contributed by atoms with Gasteiger partial charge in [-0.1, -0.05) is 57.2 Å². The lowest BCUT2D eigenvalue weighted by atomic mass is 9.98. The molecule has 1 amide bonds. The average Bonchev–Trinajstić information content (AvgIpc) is 3.09. The van der Waals surface area contributed by atoms with Gasteiger partial charge in [0, 0.05) is 10.8 Å². The van der Waals surface area contributed by atoms with E-state index in [9.17, 15) is 14.9 Å². The zero-order valence-corrected chi connectivity index (χ0v) is 16.6. The standard InChI is InChI=1S/C21H22N2O3S/c1-13(2)18-11-17(21(25)26-4)20(27-18)23-19(24)16(12-22)10-14(3)15-8-6-5-7-9-15/h5-11,13-14H,1-4H3,(H,23,24)/b16-10+/t14-/m1/s1. The van der Waals surface area contributed by atoms with Crippen LogP contribution in [-0.2, 0) is 9.53 Å². The Morgan fingerprint density at radius 1 is 1.22 bits per heavy atom. The number of methoxy groups -OCH3 is 1. The lowest BCUT2D eigenvalue weighted by Gasteiger charge is -2.08. The van der Waals surface area contributed by atoms with E-state index in [0.29, 0.717) is 10.6 Å². The van der Waals surface area contributed by atoms with Crippen LogP contribution in [0.15, 0.2) is 48.0 Å². The van der Waals surface area contributed by atoms with Gasteiger partial charge in [0.05, 0.1) is 12.7 Å². The third kappa shape index (κ3) is 5.05. The number of nitrogens with one attached hydrogen (secondary N) is 1. The van der Waals surface area contributed by atoms with Crippen LogP contribution in [0.1, 0.15) is 53.4 Å². The molecule has 0 aliphatic heterocycles. The summed E-state index contributed by atoms with van der Waals surface area (Å²) in [6, 6.07) is 13.3. The third-order valence-corrected chi connectivity index (χ3v) is 5.41. The molecule has 1 N–H and O–H groups in total. The van der Waals surface area contributed by atoms with Gasteiger partial charge < -0.3 is 10.1 Å². The summed E-state index contributed by atoms with van der Waals surface area (Å²) in [5.74, 6) is -0.953. The van der Waals surface area contributed by atoms with Crippen molar-refractivity contribution in [1.29, 1.82) is 5.26 Å². The number of esters is 1. The number of carbonyl (C=O) groups excluding carboxylic acids is 2. The zero-order valence-electron chi connectivity index (χ0n) is 15.8. The molecule has 0 aliphatic rings. The van der Waals surface area contributed by atoms with Crippen LogP contribution >= 0.6 is 11.3 Å². The van der Waals surface area contributed by atoms with Gasteiger partial charge in [-0.15, -0.1) is 11.3 Å². The molecule has 1 heterocycles. The fourth-order valence-corrected chi connectivity index (χ4v) is 3.53. The number of nitrogens with zero attached hydrogens (tertiary/aromatic N) is 1. The SMILES string of the molecule is COC(=O)c1cc(C(C)C)sc1NC(=O)/C(C#N)=C/[C@@H](C)c1ccccc1. The molecule has 140 valence electrons. The average molecular weight is 382 g/mol. The maximum Gasteiger partial charge on any atom is 0.340 e. The van der Waals surface area contributed by atoms with Gasteiger partial charge in [-0.3, -0.25) is 4.79 Å². The highest BCUT2D eigenvalue weighted by Gasteiger charge is 2.21. The molecule has 0 fully saturated rings. The van der Waals surface area contributed by atoms with Gasteiger partial charge >= 0.3 is 5.97 Å². The van der Waals surface area contributed by atoms with Gasteiger partial charge in [-0.25, -0.2) is 4.79 Å². The van der Waals surface area contributed by atoms with Gasteiger partial charge in [0.25, 0.3) is 5.91 Å². The van der Waals surface area contributed by atoms with Crippen LogP contribution in [0, 0.1) is 11.3 Å². The number of hydrogen-bond acceptors (Lipinski definition) is 5. The Labute approximate surface area is 163 Å². The molecule has 2 aromatic rings. The Kier molecular flexibility index (Phi) is 6.91. The van der Waals surface area contributed by atoms with Crippen molar-refractivity contribution < 1.29 is 14.3 Å². The summed E-state index contributed by atoms with van der Waals surface area (Å²) in [5, 5.41) is 12.5. The minimum Gasteiger partial charge on any atom is -0.465 e. The van der Waals surface area contributed by atoms with Crippen LogP contribution in [0.25, 0.3) is 0 Å². The molecule has 1 aromatic carbocycles. The van der Waals surface area contributed by atoms with E-state index < -0.39 is 11.9 Å². The highest BCUT2D eigenvalue weighted by Crippen LogP contribution is 2.33. The molecule has 0 aliphatic carbocycles. The zero-order chi connectivity index (χ0) is 20.0. The second kappa shape index (κ2) is 9.15. The smallest absolute Gasteiger partial charge is 0.340 e. The van der Waals surface area contributed by atoms with Crippen LogP contribution in [-0.4, -0.2) is 19.0 Å². The molecule has 0 saturated carbocycles. The van der Waals surface area contributed by atoms with E-state index in [2.05, 4.69) is 5.32 Å². The minimum absolute atomic E-state index is 0.00154. The predicted octanol–water partition coefficient (Wildman–Crippen LogP) is 4.85. The molecule has 0 saturated heterocycles. The van der Waals surface area contributed by atoms with Crippen LogP contribution < -0.4 is 5.32 Å². The number of anilines is 1. The first-order valence-corrected chi connectivity index (χ1v) is 9.39. The Morgan fingerprint density at radius 2 is 1.89 bits per heavy atom. The lowest BCUT2D eigenvalue weighted by Crippen LogP contribution is -2.15. The lowest BCUT2D eigenvalue weighted by molar-refractivity contribution is -0.112. The maximum atomic E-state index is 12.6. The number of thiophene rings is 1. The number of benzene rings is 1. The van der Waals surface area contributed by atoms with Crippen molar-refractivity contribution in [2.75, 3.05) is 12.4 Å². The summed E-state index contributed by atoms with van der Waals surface area (Å²) < 4.78 is 4.80. The second-order valence-corrected chi connectivity index (χ2v) is 7.47. The molecule has 5 nitrogen and oxygen atoms in total. The first-order chi connectivity index (χ1) is 12.9. The molecule has 0 bridgehead atoms. The number of nitriles is 1. The predicted molar refractivity (Wildman–Crippen MR) is 107 cm³/mol. The Hall–Kier alpha value is -2.91. The first kappa shape index (κ1) is 20.4. The molecule has 2 rings (SSSR count). The van der Waals surface area contributed by atoms with Gasteiger partial charge in [0.1, 0.15) is 16.6 Å². The fourth-order valence-electron chi connectivity index (χ4n) is 2.49. The summed E-state index contributed by atoms with van der Waals surface area (Å²) in [5.41, 5.74) is 1.31. The molecular weight excluding hydrogens is 360 g/mol. The molecule has 1 aromatic heterocycles. The van der Waals surface area contributed by atoms with Crippen molar-refractivity contribution >= 4 is 28.2 Å². The van der Waals surface area contributed by atoms with E-state index >= 15 is 0 Å². The van der Waals surface area contributed by atoms with Gasteiger partial charge in [0.15, 0.2) is 0 Å². The van der Waals surface area contributed by atoms with Crippen LogP contribution in [0.4, 0.5) is 5.00 Å². The van der Waals surface area contributed by atoms with Crippen LogP contribution in [0.2, 0.25) is 0 Å². The Balaban J connectivity index is 2.28. The number of ether oxygens (including phenoxy) is 1. The van der Waals surface area contributed by atoms with E-state index in [1.54, 1.807) is 12.1 Å². The van der Waals surface area contributed by atoms with E-state index in [4.69, 9.17) is 4.74 Å². The van der Waals surface area contributed by atoms with Crippen molar-refractivity contribution in [3.05, 3.63) is 64.1 Å². The largest absolute Gasteiger partial charge is 0.465 e. The van der Waals surface area contributed by atoms with Crippen molar-refractivity contribution in [2.24, 2.45) is 0 Å². The maximum absolute atomic E-state index is 12.6. The van der Waals surface area contributed by atoms with E-state index in [1.807, 2.05) is 57.2 Å². The fraction of sp³-hybridized carbons (Fsp3) is 0.286. The van der Waals surface area contributed by atoms with Crippen LogP contribution in [0.3, 0.4) is 0 Å². The Morgan fingerprint density at radius 3 is 2.44 bits per heavy atom. The number of rotatable bonds is 6. The molecular formula is C21H22N2O3S. The van der Waals surface area contributed by atoms with E-state index in [1.165, 1.54) is 18.4 Å². The monoisotopic (exact) mass is 382 g/mol. The van der Waals surface area contributed by atoms with Gasteiger partial charge in [0.2, 0.25) is 0 Å². The van der Waals surface area contributed by atoms with Gasteiger partial charge in [-0.05, 0) is 17.5 Å². The molecule has 27 heavy (non-hydrogen) atoms. The number of carbonyl (C=O) groups is 2. The topological polar surface area (TPSA) is 79.2 Å². The summed E-state index contributed by atoms with van der Waals surface area (Å²) in [6.45, 7) is 5.92. The molecule has 0 spiro atoms. The van der Waals surface area contributed by atoms with E-state index in [0.717, 1.165) is 10.4 Å². The molecule has 1 atom stereocenters. The number of amides is 1. The van der Waals surface area contributed by atoms with Gasteiger partial charge in [-0.2, -0.15) is 5.26 Å². The van der Waals surface area contributed by atoms with Crippen molar-refractivity contribution in [3.8, 4) is 6.07 Å². The third-order valence-electron chi connectivity index (χ3n) is 4.06. The van der Waals surface area contributed by atoms with Crippen molar-refractivity contribution in [1.82, 2.24) is 0 Å². The highest BCUT2D eigenvalue weighted by atomic mass is 32.1. The molecule has 0 unspecified atom stereocenters. The number of allylic oxidation sites excluding steroid dienone is 1. The first-order valence-electron chi connectivity index (χ1n) is 8.57. The van der Waals surface area contributed by atoms with Crippen molar-refractivity contribution in [2.45, 2.75) is 32.6 Å². The summed E-state index contributed by atoms with van der Waals surface area (Å²) in [6.07, 6.45) is 1.62. The summed E-state index contributed by atoms with van der Waals surface area (Å²) >= 11 is 1.31. The normalized spacial score (nSPS) is 12.4. The van der Waals surface area contributed by atoms with Crippen molar-refractivity contribution in [3.63, 3.8) is 0 Å². The van der Waals surface area contributed by atoms with Crippen LogP contribution in [0.5, 0.6) is 0 Å². The number of hydrogen-bond donors (Lipinski definition) is 1. The second-order valence-electron chi connectivity index (χ2n) is 6.38. The Bertz CT molecular complexity index is 892.